The van der Waals surface area contributed by atoms with Crippen molar-refractivity contribution >= 4 is 40.8 Å². The second kappa shape index (κ2) is 10.4. The van der Waals surface area contributed by atoms with E-state index in [1.54, 1.807) is 6.07 Å². The highest BCUT2D eigenvalue weighted by Gasteiger charge is 2.60. The number of aliphatic hydroxyl groups is 3. The molecular weight excluding hydrogens is 590 g/mol. The van der Waals surface area contributed by atoms with Crippen molar-refractivity contribution in [3.63, 3.8) is 0 Å². The normalized spacial score (nSPS) is 22.4. The summed E-state index contributed by atoms with van der Waals surface area (Å²) in [4.78, 5) is 63.5. The van der Waals surface area contributed by atoms with Gasteiger partial charge in [-0.05, 0) is 59.7 Å². The highest BCUT2D eigenvalue weighted by molar-refractivity contribution is 6.22. The molecule has 0 spiro atoms. The molecule has 2 amide bonds. The number of aliphatic hydroxyl groups excluding tert-OH is 2. The lowest BCUT2D eigenvalue weighted by atomic mass is 9.59. The number of primary amides is 1. The maximum Gasteiger partial charge on any atom is 0.337 e. The average molecular weight is 616 g/mol. The predicted octanol–water partition coefficient (Wildman–Crippen LogP) is 2.12. The van der Waals surface area contributed by atoms with E-state index in [0.29, 0.717) is 16.7 Å². The van der Waals surface area contributed by atoms with Gasteiger partial charge in [0.15, 0.2) is 11.4 Å². The third-order valence-corrected chi connectivity index (χ3v) is 8.53. The Bertz CT molecular complexity index is 1910. The Balaban J connectivity index is 1.49. The van der Waals surface area contributed by atoms with Crippen molar-refractivity contribution in [2.45, 2.75) is 24.9 Å². The number of benzene rings is 2. The second-order valence-electron chi connectivity index (χ2n) is 11.0. The molecular formula is C31H25N3O11. The number of fused-ring (bicyclic) bond motifs is 3. The number of carbonyl (C=O) groups is 5. The molecule has 0 aliphatic heterocycles. The standard InChI is InChI=1S/C31H25N3O11/c1-44-30(42)14-6-12(8-16(9-14)34-29(41)21-4-5-33-45-21)17-2-3-19(35)23-18(17)10-13-7-15-11-20(36)24(28(32)40)27(39)31(15,43)26(38)22(13)25(23)37/h2-6,8-9,13,15,35,37,39,43H,7,10-11H2,1H3,(H2,32,40)(H,34,41). The minimum absolute atomic E-state index is 0.0281. The quantitative estimate of drug-likeness (QED) is 0.179. The summed E-state index contributed by atoms with van der Waals surface area (Å²) in [5.41, 5.74) is 2.65. The molecule has 0 saturated heterocycles. The van der Waals surface area contributed by atoms with Crippen LogP contribution in [0, 0.1) is 11.8 Å². The molecule has 1 aromatic heterocycles. The number of nitrogens with two attached hydrogens (primary N) is 1. The molecule has 1 heterocycles. The molecule has 14 nitrogen and oxygen atoms in total. The van der Waals surface area contributed by atoms with Gasteiger partial charge in [-0.3, -0.25) is 19.2 Å². The smallest absolute Gasteiger partial charge is 0.337 e. The molecule has 45 heavy (non-hydrogen) atoms. The first-order valence-electron chi connectivity index (χ1n) is 13.6. The molecule has 1 fully saturated rings. The maximum atomic E-state index is 13.8. The highest BCUT2D eigenvalue weighted by Crippen LogP contribution is 2.53. The summed E-state index contributed by atoms with van der Waals surface area (Å²) in [6, 6.07) is 8.55. The number of phenolic OH excluding ortho intramolecular Hbond substituents is 1. The van der Waals surface area contributed by atoms with Gasteiger partial charge in [-0.2, -0.15) is 0 Å². The van der Waals surface area contributed by atoms with Crippen LogP contribution < -0.4 is 11.1 Å². The van der Waals surface area contributed by atoms with E-state index in [2.05, 4.69) is 10.5 Å². The number of nitrogens with zero attached hydrogens (tertiary/aromatic N) is 1. The number of aromatic hydroxyl groups is 1. The zero-order valence-corrected chi connectivity index (χ0v) is 23.5. The van der Waals surface area contributed by atoms with Crippen LogP contribution in [0.25, 0.3) is 16.9 Å². The Morgan fingerprint density at radius 3 is 2.51 bits per heavy atom. The van der Waals surface area contributed by atoms with E-state index in [1.165, 1.54) is 43.6 Å². The Labute approximate surface area is 253 Å². The van der Waals surface area contributed by atoms with Crippen LogP contribution in [-0.4, -0.2) is 67.6 Å². The van der Waals surface area contributed by atoms with E-state index >= 15 is 0 Å². The molecule has 3 atom stereocenters. The van der Waals surface area contributed by atoms with Gasteiger partial charge in [0, 0.05) is 29.7 Å². The van der Waals surface area contributed by atoms with Crippen LogP contribution in [-0.2, 0) is 25.5 Å². The summed E-state index contributed by atoms with van der Waals surface area (Å²) in [7, 11) is 1.19. The molecule has 3 unspecified atom stereocenters. The lowest BCUT2D eigenvalue weighted by Crippen LogP contribution is -2.58. The Hall–Kier alpha value is -5.76. The number of ketones is 2. The number of nitrogens with one attached hydrogen (secondary N) is 1. The van der Waals surface area contributed by atoms with Crippen LogP contribution in [0.3, 0.4) is 0 Å². The van der Waals surface area contributed by atoms with Crippen molar-refractivity contribution in [1.82, 2.24) is 5.16 Å². The molecule has 3 aromatic rings. The second-order valence-corrected chi connectivity index (χ2v) is 11.0. The summed E-state index contributed by atoms with van der Waals surface area (Å²) in [5.74, 6) is -8.84. The molecule has 1 saturated carbocycles. The van der Waals surface area contributed by atoms with E-state index in [4.69, 9.17) is 15.0 Å². The lowest BCUT2D eigenvalue weighted by molar-refractivity contribution is -0.147. The van der Waals surface area contributed by atoms with E-state index in [1.807, 2.05) is 0 Å². The molecule has 3 aliphatic carbocycles. The number of Topliss-reactive ketones (excluding diaryl/α,β-unsaturated/α-hetero) is 2. The number of ether oxygens (including phenoxy) is 1. The molecule has 0 bridgehead atoms. The van der Waals surface area contributed by atoms with Crippen molar-refractivity contribution in [1.29, 1.82) is 0 Å². The number of anilines is 1. The fraction of sp³-hybridized carbons (Fsp3) is 0.226. The van der Waals surface area contributed by atoms with Crippen LogP contribution in [0.5, 0.6) is 5.75 Å². The van der Waals surface area contributed by atoms with Gasteiger partial charge in [0.1, 0.15) is 22.8 Å². The van der Waals surface area contributed by atoms with Crippen molar-refractivity contribution in [3.05, 3.63) is 82.0 Å². The van der Waals surface area contributed by atoms with E-state index in [0.717, 1.165) is 0 Å². The third kappa shape index (κ3) is 4.45. The largest absolute Gasteiger partial charge is 0.508 e. The SMILES string of the molecule is COC(=O)c1cc(NC(=O)c2ccno2)cc(-c2ccc(O)c3c2CC2CC4CC(=O)C(C(N)=O)=C(O)C4(O)C(=O)C2=C3O)c1. The van der Waals surface area contributed by atoms with Gasteiger partial charge in [0.25, 0.3) is 11.8 Å². The Morgan fingerprint density at radius 2 is 1.84 bits per heavy atom. The van der Waals surface area contributed by atoms with Gasteiger partial charge < -0.3 is 40.7 Å². The van der Waals surface area contributed by atoms with Gasteiger partial charge in [-0.1, -0.05) is 11.2 Å². The molecule has 3 aliphatic rings. The van der Waals surface area contributed by atoms with Gasteiger partial charge in [-0.25, -0.2) is 4.79 Å². The van der Waals surface area contributed by atoms with Crippen molar-refractivity contribution in [2.75, 3.05) is 12.4 Å². The number of phenols is 1. The first kappa shape index (κ1) is 29.3. The first-order chi connectivity index (χ1) is 21.4. The number of hydrogen-bond acceptors (Lipinski definition) is 12. The molecule has 6 rings (SSSR count). The first-order valence-corrected chi connectivity index (χ1v) is 13.6. The van der Waals surface area contributed by atoms with Crippen molar-refractivity contribution in [2.24, 2.45) is 17.6 Å². The Morgan fingerprint density at radius 1 is 1.09 bits per heavy atom. The number of amides is 2. The molecule has 2 aromatic carbocycles. The van der Waals surface area contributed by atoms with Gasteiger partial charge in [0.2, 0.25) is 11.5 Å². The maximum absolute atomic E-state index is 13.8. The average Bonchev–Trinajstić information content (AvgIpc) is 3.54. The van der Waals surface area contributed by atoms with Crippen molar-refractivity contribution in [3.8, 4) is 16.9 Å². The third-order valence-electron chi connectivity index (χ3n) is 8.53. The van der Waals surface area contributed by atoms with Crippen molar-refractivity contribution < 1.29 is 53.7 Å². The monoisotopic (exact) mass is 615 g/mol. The van der Waals surface area contributed by atoms with Crippen LogP contribution in [0.15, 0.2) is 64.0 Å². The summed E-state index contributed by atoms with van der Waals surface area (Å²) in [6.07, 6.45) is 0.805. The van der Waals surface area contributed by atoms with E-state index in [-0.39, 0.29) is 41.0 Å². The van der Waals surface area contributed by atoms with Gasteiger partial charge >= 0.3 is 5.97 Å². The summed E-state index contributed by atoms with van der Waals surface area (Å²) < 4.78 is 9.77. The lowest BCUT2D eigenvalue weighted by Gasteiger charge is -2.46. The minimum atomic E-state index is -2.69. The summed E-state index contributed by atoms with van der Waals surface area (Å²) in [6.45, 7) is 0. The number of hydrogen-bond donors (Lipinski definition) is 6. The molecule has 14 heteroatoms. The van der Waals surface area contributed by atoms with Crippen LogP contribution in [0.2, 0.25) is 0 Å². The van der Waals surface area contributed by atoms with Gasteiger partial charge in [0.05, 0.1) is 24.4 Å². The van der Waals surface area contributed by atoms with Crippen LogP contribution >= 0.6 is 0 Å². The number of carbonyl (C=O) groups excluding carboxylic acids is 5. The van der Waals surface area contributed by atoms with Gasteiger partial charge in [-0.15, -0.1) is 0 Å². The number of methoxy groups -OCH3 is 1. The number of aromatic nitrogens is 1. The predicted molar refractivity (Wildman–Crippen MR) is 153 cm³/mol. The van der Waals surface area contributed by atoms with E-state index < -0.39 is 76.0 Å². The number of rotatable bonds is 5. The topological polar surface area (TPSA) is 240 Å². The van der Waals surface area contributed by atoms with E-state index in [9.17, 15) is 44.4 Å². The Kier molecular flexibility index (Phi) is 6.81. The highest BCUT2D eigenvalue weighted by atomic mass is 16.5. The number of esters is 1. The summed E-state index contributed by atoms with van der Waals surface area (Å²) >= 11 is 0. The molecule has 230 valence electrons. The zero-order chi connectivity index (χ0) is 32.4. The summed E-state index contributed by atoms with van der Waals surface area (Å²) in [5, 5.41) is 50.6. The minimum Gasteiger partial charge on any atom is -0.508 e. The molecule has 7 N–H and O–H groups in total. The fourth-order valence-electron chi connectivity index (χ4n) is 6.51. The van der Waals surface area contributed by atoms with Crippen LogP contribution in [0.4, 0.5) is 5.69 Å². The molecule has 0 radical (unpaired) electrons. The fourth-order valence-corrected chi connectivity index (χ4v) is 6.51. The zero-order valence-electron chi connectivity index (χ0n) is 23.5. The van der Waals surface area contributed by atoms with Crippen LogP contribution in [0.1, 0.15) is 44.9 Å².